The fourth-order valence-electron chi connectivity index (χ4n) is 1.60. The zero-order valence-electron chi connectivity index (χ0n) is 10.8. The van der Waals surface area contributed by atoms with Crippen molar-refractivity contribution in [2.24, 2.45) is 0 Å². The Morgan fingerprint density at radius 2 is 1.68 bits per heavy atom. The molecule has 1 aromatic carbocycles. The number of nitriles is 2. The maximum absolute atomic E-state index is 12.2. The van der Waals surface area contributed by atoms with Crippen LogP contribution in [-0.4, -0.2) is 31.0 Å². The SMILES string of the molecule is COc1ccc(C(=O)N(CCC#N)CCC#N)cc1. The second-order valence-corrected chi connectivity index (χ2v) is 3.84. The smallest absolute Gasteiger partial charge is 0.253 e. The number of amides is 1. The molecule has 0 N–H and O–H groups in total. The van der Waals surface area contributed by atoms with Gasteiger partial charge in [-0.15, -0.1) is 0 Å². The Kier molecular flexibility index (Phi) is 5.91. The van der Waals surface area contributed by atoms with Gasteiger partial charge in [-0.25, -0.2) is 0 Å². The summed E-state index contributed by atoms with van der Waals surface area (Å²) in [4.78, 5) is 13.7. The largest absolute Gasteiger partial charge is 0.497 e. The molecule has 0 aliphatic heterocycles. The Labute approximate surface area is 112 Å². The molecule has 0 spiro atoms. The van der Waals surface area contributed by atoms with Gasteiger partial charge in [-0.3, -0.25) is 4.79 Å². The van der Waals surface area contributed by atoms with Crippen LogP contribution in [0, 0.1) is 22.7 Å². The van der Waals surface area contributed by atoms with Crippen molar-refractivity contribution in [1.82, 2.24) is 4.90 Å². The lowest BCUT2D eigenvalue weighted by Crippen LogP contribution is -2.32. The molecule has 0 heterocycles. The Hall–Kier alpha value is -2.53. The van der Waals surface area contributed by atoms with Gasteiger partial charge in [0.1, 0.15) is 5.75 Å². The molecule has 0 aliphatic carbocycles. The summed E-state index contributed by atoms with van der Waals surface area (Å²) in [6.45, 7) is 0.673. The second-order valence-electron chi connectivity index (χ2n) is 3.84. The predicted octanol–water partition coefficient (Wildman–Crippen LogP) is 1.96. The molecule has 0 saturated heterocycles. The summed E-state index contributed by atoms with van der Waals surface area (Å²) in [5.74, 6) is 0.505. The molecule has 98 valence electrons. The van der Waals surface area contributed by atoms with Crippen molar-refractivity contribution in [3.8, 4) is 17.9 Å². The number of benzene rings is 1. The third-order valence-electron chi connectivity index (χ3n) is 2.61. The molecule has 0 saturated carbocycles. The molecule has 0 atom stereocenters. The van der Waals surface area contributed by atoms with E-state index in [4.69, 9.17) is 15.3 Å². The van der Waals surface area contributed by atoms with Crippen LogP contribution in [0.5, 0.6) is 5.75 Å². The predicted molar refractivity (Wildman–Crippen MR) is 69.4 cm³/mol. The number of nitrogens with zero attached hydrogens (tertiary/aromatic N) is 3. The Morgan fingerprint density at radius 3 is 2.11 bits per heavy atom. The summed E-state index contributed by atoms with van der Waals surface area (Å²) in [5.41, 5.74) is 0.525. The van der Waals surface area contributed by atoms with E-state index >= 15 is 0 Å². The van der Waals surface area contributed by atoms with Crippen LogP contribution >= 0.6 is 0 Å². The first-order chi connectivity index (χ1) is 9.22. The third-order valence-corrected chi connectivity index (χ3v) is 2.61. The highest BCUT2D eigenvalue weighted by atomic mass is 16.5. The van der Waals surface area contributed by atoms with Crippen LogP contribution in [0.3, 0.4) is 0 Å². The van der Waals surface area contributed by atoms with Crippen LogP contribution < -0.4 is 4.74 Å². The average molecular weight is 257 g/mol. The standard InChI is InChI=1S/C14H15N3O2/c1-19-13-6-4-12(5-7-13)14(18)17(10-2-8-15)11-3-9-16/h4-7H,2-3,10-11H2,1H3. The lowest BCUT2D eigenvalue weighted by molar-refractivity contribution is 0.0762. The van der Waals surface area contributed by atoms with Gasteiger partial charge in [0.05, 0.1) is 32.1 Å². The number of ether oxygens (including phenoxy) is 1. The van der Waals surface area contributed by atoms with E-state index in [2.05, 4.69) is 0 Å². The maximum atomic E-state index is 12.2. The van der Waals surface area contributed by atoms with E-state index in [1.165, 1.54) is 4.90 Å². The quantitative estimate of drug-likeness (QED) is 0.780. The van der Waals surface area contributed by atoms with Crippen molar-refractivity contribution >= 4 is 5.91 Å². The van der Waals surface area contributed by atoms with Crippen molar-refractivity contribution < 1.29 is 9.53 Å². The molecule has 0 unspecified atom stereocenters. The van der Waals surface area contributed by atoms with Crippen molar-refractivity contribution in [2.75, 3.05) is 20.2 Å². The minimum absolute atomic E-state index is 0.173. The lowest BCUT2D eigenvalue weighted by Gasteiger charge is -2.20. The van der Waals surface area contributed by atoms with Gasteiger partial charge in [0.2, 0.25) is 0 Å². The number of hydrogen-bond acceptors (Lipinski definition) is 4. The normalized spacial score (nSPS) is 9.21. The number of carbonyl (C=O) groups excluding carboxylic acids is 1. The minimum atomic E-state index is -0.173. The lowest BCUT2D eigenvalue weighted by atomic mass is 10.2. The van der Waals surface area contributed by atoms with Crippen LogP contribution in [0.1, 0.15) is 23.2 Å². The van der Waals surface area contributed by atoms with Gasteiger partial charge in [0.15, 0.2) is 0 Å². The van der Waals surface area contributed by atoms with Crippen molar-refractivity contribution in [2.45, 2.75) is 12.8 Å². The molecule has 0 fully saturated rings. The van der Waals surface area contributed by atoms with Gasteiger partial charge < -0.3 is 9.64 Å². The molecule has 5 heteroatoms. The molecule has 0 radical (unpaired) electrons. The summed E-state index contributed by atoms with van der Waals surface area (Å²) in [6.07, 6.45) is 0.515. The first-order valence-corrected chi connectivity index (χ1v) is 5.90. The van der Waals surface area contributed by atoms with Crippen molar-refractivity contribution in [1.29, 1.82) is 10.5 Å². The van der Waals surface area contributed by atoms with E-state index in [0.717, 1.165) is 0 Å². The van der Waals surface area contributed by atoms with E-state index in [-0.39, 0.29) is 18.7 Å². The molecule has 0 bridgehead atoms. The molecule has 5 nitrogen and oxygen atoms in total. The summed E-state index contributed by atoms with van der Waals surface area (Å²) in [5, 5.41) is 17.2. The van der Waals surface area contributed by atoms with Gasteiger partial charge in [0, 0.05) is 18.7 Å². The first kappa shape index (κ1) is 14.5. The summed E-state index contributed by atoms with van der Waals surface area (Å²) >= 11 is 0. The second kappa shape index (κ2) is 7.73. The third kappa shape index (κ3) is 4.33. The molecular weight excluding hydrogens is 242 g/mol. The molecule has 0 aliphatic rings. The van der Waals surface area contributed by atoms with E-state index in [1.54, 1.807) is 31.4 Å². The molecule has 1 amide bonds. The zero-order chi connectivity index (χ0) is 14.1. The van der Waals surface area contributed by atoms with Crippen LogP contribution in [0.15, 0.2) is 24.3 Å². The highest BCUT2D eigenvalue weighted by Gasteiger charge is 2.15. The highest BCUT2D eigenvalue weighted by molar-refractivity contribution is 5.94. The number of rotatable bonds is 6. The van der Waals surface area contributed by atoms with E-state index < -0.39 is 0 Å². The average Bonchev–Trinajstić information content (AvgIpc) is 2.47. The van der Waals surface area contributed by atoms with E-state index in [1.807, 2.05) is 12.1 Å². The van der Waals surface area contributed by atoms with Gasteiger partial charge in [0.25, 0.3) is 5.91 Å². The summed E-state index contributed by atoms with van der Waals surface area (Å²) in [6, 6.07) is 10.8. The number of methoxy groups -OCH3 is 1. The van der Waals surface area contributed by atoms with Crippen LogP contribution in [0.25, 0.3) is 0 Å². The van der Waals surface area contributed by atoms with Gasteiger partial charge in [-0.2, -0.15) is 10.5 Å². The Bertz CT molecular complexity index is 479. The minimum Gasteiger partial charge on any atom is -0.497 e. The molecule has 19 heavy (non-hydrogen) atoms. The van der Waals surface area contributed by atoms with Crippen molar-refractivity contribution in [3.05, 3.63) is 29.8 Å². The monoisotopic (exact) mass is 257 g/mol. The number of hydrogen-bond donors (Lipinski definition) is 0. The Morgan fingerprint density at radius 1 is 1.16 bits per heavy atom. The highest BCUT2D eigenvalue weighted by Crippen LogP contribution is 2.13. The zero-order valence-corrected chi connectivity index (χ0v) is 10.8. The number of carbonyl (C=O) groups is 1. The van der Waals surface area contributed by atoms with Gasteiger partial charge in [-0.05, 0) is 24.3 Å². The van der Waals surface area contributed by atoms with E-state index in [9.17, 15) is 4.79 Å². The molecular formula is C14H15N3O2. The van der Waals surface area contributed by atoms with E-state index in [0.29, 0.717) is 24.4 Å². The topological polar surface area (TPSA) is 77.1 Å². The van der Waals surface area contributed by atoms with Gasteiger partial charge in [-0.1, -0.05) is 0 Å². The Balaban J connectivity index is 2.79. The first-order valence-electron chi connectivity index (χ1n) is 5.90. The van der Waals surface area contributed by atoms with Crippen LogP contribution in [-0.2, 0) is 0 Å². The van der Waals surface area contributed by atoms with Crippen molar-refractivity contribution in [3.63, 3.8) is 0 Å². The molecule has 1 rings (SSSR count). The fraction of sp³-hybridized carbons (Fsp3) is 0.357. The van der Waals surface area contributed by atoms with Crippen LogP contribution in [0.2, 0.25) is 0 Å². The molecule has 0 aromatic heterocycles. The maximum Gasteiger partial charge on any atom is 0.253 e. The molecule has 1 aromatic rings. The fourth-order valence-corrected chi connectivity index (χ4v) is 1.60. The summed E-state index contributed by atoms with van der Waals surface area (Å²) in [7, 11) is 1.56. The van der Waals surface area contributed by atoms with Crippen LogP contribution in [0.4, 0.5) is 0 Å². The van der Waals surface area contributed by atoms with Gasteiger partial charge >= 0.3 is 0 Å². The summed E-state index contributed by atoms with van der Waals surface area (Å²) < 4.78 is 5.03.